The van der Waals surface area contributed by atoms with Gasteiger partial charge in [-0.05, 0) is 0 Å². The summed E-state index contributed by atoms with van der Waals surface area (Å²) in [5.41, 5.74) is 4.94. The number of rotatable bonds is 3. The molecular weight excluding hydrogens is 320 g/mol. The van der Waals surface area contributed by atoms with Gasteiger partial charge in [0.15, 0.2) is 0 Å². The van der Waals surface area contributed by atoms with Gasteiger partial charge in [-0.2, -0.15) is 0 Å². The van der Waals surface area contributed by atoms with Gasteiger partial charge >= 0.3 is 146 Å². The van der Waals surface area contributed by atoms with Gasteiger partial charge in [0.25, 0.3) is 0 Å². The molecule has 0 fully saturated rings. The van der Waals surface area contributed by atoms with Crippen LogP contribution in [0.5, 0.6) is 0 Å². The zero-order valence-corrected chi connectivity index (χ0v) is 13.8. The number of benzene rings is 2. The van der Waals surface area contributed by atoms with Crippen molar-refractivity contribution < 1.29 is 16.0 Å². The van der Waals surface area contributed by atoms with Crippen molar-refractivity contribution in [3.05, 3.63) is 112 Å². The van der Waals surface area contributed by atoms with E-state index in [-0.39, 0.29) is 5.41 Å². The number of hydrogen-bond donors (Lipinski definition) is 0. The SMILES string of the molecule is [Fe][C]1=C(C2(c3ccccc3)C=CC(c3ccccc3)=C2)C=CC1. The molecule has 0 radical (unpaired) electrons. The summed E-state index contributed by atoms with van der Waals surface area (Å²) in [7, 11) is 0. The van der Waals surface area contributed by atoms with Crippen molar-refractivity contribution in [1.82, 2.24) is 0 Å². The van der Waals surface area contributed by atoms with E-state index in [0.717, 1.165) is 6.42 Å². The Labute approximate surface area is 145 Å². The molecule has 0 nitrogen and oxygen atoms in total. The molecule has 0 aliphatic heterocycles. The summed E-state index contributed by atoms with van der Waals surface area (Å²) in [6.07, 6.45) is 12.4. The van der Waals surface area contributed by atoms with Crippen LogP contribution >= 0.6 is 0 Å². The van der Waals surface area contributed by atoms with Crippen molar-refractivity contribution in [3.8, 4) is 0 Å². The van der Waals surface area contributed by atoms with Gasteiger partial charge in [0.05, 0.1) is 0 Å². The van der Waals surface area contributed by atoms with Gasteiger partial charge in [0.1, 0.15) is 0 Å². The molecule has 1 unspecified atom stereocenters. The molecule has 0 heterocycles. The molecule has 0 spiro atoms. The van der Waals surface area contributed by atoms with E-state index >= 15 is 0 Å². The fraction of sp³-hybridized carbons (Fsp3) is 0.0909. The zero-order valence-electron chi connectivity index (χ0n) is 12.7. The van der Waals surface area contributed by atoms with Crippen LogP contribution in [0.3, 0.4) is 0 Å². The summed E-state index contributed by atoms with van der Waals surface area (Å²) < 4.78 is 1.21. The molecule has 0 N–H and O–H groups in total. The first-order valence-electron chi connectivity index (χ1n) is 7.87. The third-order valence-corrected chi connectivity index (χ3v) is 5.10. The molecule has 23 heavy (non-hydrogen) atoms. The summed E-state index contributed by atoms with van der Waals surface area (Å²) in [5, 5.41) is 0. The van der Waals surface area contributed by atoms with E-state index in [2.05, 4.69) is 107 Å². The molecule has 0 aromatic heterocycles. The predicted octanol–water partition coefficient (Wildman–Crippen LogP) is 5.34. The molecule has 0 saturated heterocycles. The van der Waals surface area contributed by atoms with Crippen molar-refractivity contribution in [2.45, 2.75) is 11.8 Å². The molecule has 2 aromatic rings. The van der Waals surface area contributed by atoms with Crippen molar-refractivity contribution in [2.24, 2.45) is 0 Å². The molecule has 1 heteroatoms. The fourth-order valence-corrected chi connectivity index (χ4v) is 3.87. The minimum atomic E-state index is -0.198. The average Bonchev–Trinajstić information content (AvgIpc) is 3.24. The quantitative estimate of drug-likeness (QED) is 0.664. The van der Waals surface area contributed by atoms with Gasteiger partial charge in [-0.25, -0.2) is 0 Å². The summed E-state index contributed by atoms with van der Waals surface area (Å²) in [6.45, 7) is 0. The predicted molar refractivity (Wildman–Crippen MR) is 92.5 cm³/mol. The fourth-order valence-electron chi connectivity index (χ4n) is 3.42. The maximum atomic E-state index is 4.29. The van der Waals surface area contributed by atoms with E-state index < -0.39 is 0 Å². The second-order valence-electron chi connectivity index (χ2n) is 5.94. The van der Waals surface area contributed by atoms with E-state index in [1.807, 2.05) is 0 Å². The number of hydrogen-bond acceptors (Lipinski definition) is 0. The summed E-state index contributed by atoms with van der Waals surface area (Å²) >= 11 is 4.29. The van der Waals surface area contributed by atoms with E-state index in [1.54, 1.807) is 0 Å². The second kappa shape index (κ2) is 5.85. The maximum absolute atomic E-state index is 4.29. The van der Waals surface area contributed by atoms with Crippen LogP contribution in [-0.2, 0) is 21.4 Å². The van der Waals surface area contributed by atoms with Crippen molar-refractivity contribution in [2.75, 3.05) is 0 Å². The molecule has 0 saturated carbocycles. The Morgan fingerprint density at radius 2 is 1.52 bits per heavy atom. The molecule has 4 rings (SSSR count). The van der Waals surface area contributed by atoms with Crippen LogP contribution in [0.1, 0.15) is 17.5 Å². The van der Waals surface area contributed by atoms with Gasteiger partial charge in [0, 0.05) is 0 Å². The minimum absolute atomic E-state index is 0.198. The topological polar surface area (TPSA) is 0 Å². The van der Waals surface area contributed by atoms with Gasteiger partial charge in [-0.3, -0.25) is 0 Å². The molecule has 0 bridgehead atoms. The Hall–Kier alpha value is -2.08. The van der Waals surface area contributed by atoms with Crippen LogP contribution in [-0.4, -0.2) is 0 Å². The Morgan fingerprint density at radius 3 is 2.17 bits per heavy atom. The monoisotopic (exact) mass is 337 g/mol. The van der Waals surface area contributed by atoms with Crippen LogP contribution in [0, 0.1) is 0 Å². The normalized spacial score (nSPS) is 22.7. The number of allylic oxidation sites excluding steroid dienone is 8. The van der Waals surface area contributed by atoms with Crippen LogP contribution in [0.25, 0.3) is 5.57 Å². The van der Waals surface area contributed by atoms with E-state index in [1.165, 1.54) is 26.7 Å². The Morgan fingerprint density at radius 1 is 0.826 bits per heavy atom. The molecule has 2 aromatic carbocycles. The van der Waals surface area contributed by atoms with Crippen molar-refractivity contribution in [3.63, 3.8) is 0 Å². The van der Waals surface area contributed by atoms with E-state index in [4.69, 9.17) is 0 Å². The zero-order chi connectivity index (χ0) is 15.7. The van der Waals surface area contributed by atoms with Crippen LogP contribution in [0.2, 0.25) is 0 Å². The van der Waals surface area contributed by atoms with E-state index in [9.17, 15) is 0 Å². The summed E-state index contributed by atoms with van der Waals surface area (Å²) in [6, 6.07) is 21.3. The second-order valence-corrected chi connectivity index (χ2v) is 6.61. The Balaban J connectivity index is 1.90. The van der Waals surface area contributed by atoms with Crippen molar-refractivity contribution in [1.29, 1.82) is 0 Å². The third kappa shape index (κ3) is 2.47. The summed E-state index contributed by atoms with van der Waals surface area (Å²) in [4.78, 5) is 0. The van der Waals surface area contributed by atoms with E-state index in [0.29, 0.717) is 0 Å². The first-order chi connectivity index (χ1) is 11.3. The van der Waals surface area contributed by atoms with Gasteiger partial charge in [-0.15, -0.1) is 0 Å². The van der Waals surface area contributed by atoms with Gasteiger partial charge in [0.2, 0.25) is 0 Å². The molecule has 0 amide bonds. The Bertz CT molecular complexity index is 838. The van der Waals surface area contributed by atoms with Crippen LogP contribution in [0.4, 0.5) is 0 Å². The Kier molecular flexibility index (Phi) is 3.69. The van der Waals surface area contributed by atoms with Crippen LogP contribution < -0.4 is 0 Å². The first kappa shape index (κ1) is 14.5. The molecule has 113 valence electrons. The molecular formula is C22H17Fe. The third-order valence-electron chi connectivity index (χ3n) is 4.58. The molecule has 2 aliphatic carbocycles. The molecule has 2 aliphatic rings. The first-order valence-corrected chi connectivity index (χ1v) is 8.42. The van der Waals surface area contributed by atoms with Gasteiger partial charge in [-0.1, -0.05) is 0 Å². The standard InChI is InChI=1S/C22H17.Fe/c1-3-9-18(10-4-1)19-15-16-22(17-19,21-13-7-8-14-21)20-11-5-2-6-12-20;/h1-7,9-13,15-17H,8H2;. The molecule has 1 atom stereocenters. The average molecular weight is 337 g/mol. The van der Waals surface area contributed by atoms with Crippen LogP contribution in [0.15, 0.2) is 101 Å². The van der Waals surface area contributed by atoms with Crippen molar-refractivity contribution >= 4 is 5.57 Å². The summed E-state index contributed by atoms with van der Waals surface area (Å²) in [5.74, 6) is 0. The van der Waals surface area contributed by atoms with Gasteiger partial charge < -0.3 is 0 Å².